The molecule has 0 fully saturated rings. The van der Waals surface area contributed by atoms with Gasteiger partial charge in [-0.05, 0) is 23.8 Å². The van der Waals surface area contributed by atoms with Gasteiger partial charge in [-0.2, -0.15) is 0 Å². The number of ether oxygens (including phenoxy) is 2. The van der Waals surface area contributed by atoms with Crippen LogP contribution < -0.4 is 9.47 Å². The Bertz CT molecular complexity index is 629. The van der Waals surface area contributed by atoms with Crippen molar-refractivity contribution in [3.05, 3.63) is 57.6 Å². The molecule has 0 bridgehead atoms. The summed E-state index contributed by atoms with van der Waals surface area (Å²) in [6.07, 6.45) is -0.326. The molecule has 0 spiro atoms. The van der Waals surface area contributed by atoms with E-state index in [4.69, 9.17) is 32.7 Å². The number of para-hydroxylation sites is 1. The molecule has 5 heteroatoms. The van der Waals surface area contributed by atoms with Gasteiger partial charge in [0.2, 0.25) is 0 Å². The van der Waals surface area contributed by atoms with Crippen LogP contribution >= 0.6 is 23.2 Å². The summed E-state index contributed by atoms with van der Waals surface area (Å²) >= 11 is 11.9. The van der Waals surface area contributed by atoms with Gasteiger partial charge in [0.25, 0.3) is 0 Å². The van der Waals surface area contributed by atoms with E-state index in [9.17, 15) is 5.11 Å². The molecular formula is C16H16Cl2O3. The van der Waals surface area contributed by atoms with Gasteiger partial charge in [-0.3, -0.25) is 0 Å². The van der Waals surface area contributed by atoms with Crippen LogP contribution in [0.4, 0.5) is 0 Å². The standard InChI is InChI=1S/C16H16Cl2O3/c1-20-15-5-3-4-11(16(15)21-2)14(19)9-10-6-7-12(17)13(18)8-10/h3-8,14,19H,9H2,1-2H3. The van der Waals surface area contributed by atoms with E-state index < -0.39 is 6.10 Å². The molecule has 1 unspecified atom stereocenters. The first-order valence-corrected chi connectivity index (χ1v) is 7.15. The second-order valence-corrected chi connectivity index (χ2v) is 5.37. The van der Waals surface area contributed by atoms with Crippen molar-refractivity contribution in [1.29, 1.82) is 0 Å². The van der Waals surface area contributed by atoms with Gasteiger partial charge in [0.1, 0.15) is 0 Å². The number of aliphatic hydroxyl groups is 1. The maximum atomic E-state index is 10.5. The fourth-order valence-corrected chi connectivity index (χ4v) is 2.49. The highest BCUT2D eigenvalue weighted by Crippen LogP contribution is 2.36. The molecule has 0 aromatic heterocycles. The van der Waals surface area contributed by atoms with Gasteiger partial charge in [0, 0.05) is 12.0 Å². The molecule has 0 amide bonds. The van der Waals surface area contributed by atoms with Gasteiger partial charge in [0.15, 0.2) is 11.5 Å². The number of hydrogen-bond donors (Lipinski definition) is 1. The molecule has 0 radical (unpaired) electrons. The van der Waals surface area contributed by atoms with Crippen LogP contribution in [-0.2, 0) is 6.42 Å². The Balaban J connectivity index is 2.27. The topological polar surface area (TPSA) is 38.7 Å². The van der Waals surface area contributed by atoms with Crippen molar-refractivity contribution in [3.8, 4) is 11.5 Å². The summed E-state index contributed by atoms with van der Waals surface area (Å²) in [5.41, 5.74) is 1.56. The van der Waals surface area contributed by atoms with Crippen molar-refractivity contribution in [3.63, 3.8) is 0 Å². The van der Waals surface area contributed by atoms with Crippen molar-refractivity contribution in [2.24, 2.45) is 0 Å². The maximum Gasteiger partial charge on any atom is 0.166 e. The van der Waals surface area contributed by atoms with Crippen molar-refractivity contribution in [2.45, 2.75) is 12.5 Å². The first kappa shape index (κ1) is 16.0. The SMILES string of the molecule is COc1cccc(C(O)Cc2ccc(Cl)c(Cl)c2)c1OC. The largest absolute Gasteiger partial charge is 0.493 e. The molecule has 2 aromatic rings. The Morgan fingerprint density at radius 1 is 1.05 bits per heavy atom. The van der Waals surface area contributed by atoms with Gasteiger partial charge in [0.05, 0.1) is 30.4 Å². The average molecular weight is 327 g/mol. The van der Waals surface area contributed by atoms with Gasteiger partial charge < -0.3 is 14.6 Å². The third-order valence-electron chi connectivity index (χ3n) is 3.21. The molecule has 21 heavy (non-hydrogen) atoms. The van der Waals surface area contributed by atoms with Crippen LogP contribution in [0.2, 0.25) is 10.0 Å². The van der Waals surface area contributed by atoms with Gasteiger partial charge in [-0.15, -0.1) is 0 Å². The number of hydrogen-bond acceptors (Lipinski definition) is 3. The highest BCUT2D eigenvalue weighted by Gasteiger charge is 2.17. The Morgan fingerprint density at radius 3 is 2.43 bits per heavy atom. The molecule has 1 N–H and O–H groups in total. The highest BCUT2D eigenvalue weighted by atomic mass is 35.5. The molecule has 0 aliphatic carbocycles. The van der Waals surface area contributed by atoms with E-state index in [1.54, 1.807) is 32.4 Å². The molecular weight excluding hydrogens is 311 g/mol. The predicted molar refractivity (Wildman–Crippen MR) is 84.7 cm³/mol. The van der Waals surface area contributed by atoms with E-state index in [-0.39, 0.29) is 0 Å². The molecule has 2 aromatic carbocycles. The van der Waals surface area contributed by atoms with E-state index in [1.165, 1.54) is 0 Å². The number of rotatable bonds is 5. The van der Waals surface area contributed by atoms with Crippen molar-refractivity contribution >= 4 is 23.2 Å². The molecule has 3 nitrogen and oxygen atoms in total. The van der Waals surface area contributed by atoms with Crippen LogP contribution in [0, 0.1) is 0 Å². The minimum Gasteiger partial charge on any atom is -0.493 e. The summed E-state index contributed by atoms with van der Waals surface area (Å²) in [7, 11) is 3.11. The number of methoxy groups -OCH3 is 2. The molecule has 1 atom stereocenters. The van der Waals surface area contributed by atoms with Crippen LogP contribution in [0.3, 0.4) is 0 Å². The first-order chi connectivity index (χ1) is 10.1. The lowest BCUT2D eigenvalue weighted by Crippen LogP contribution is -2.05. The van der Waals surface area contributed by atoms with Crippen LogP contribution in [0.15, 0.2) is 36.4 Å². The van der Waals surface area contributed by atoms with Crippen molar-refractivity contribution in [1.82, 2.24) is 0 Å². The zero-order valence-corrected chi connectivity index (χ0v) is 13.3. The Labute approximate surface area is 134 Å². The Morgan fingerprint density at radius 2 is 1.81 bits per heavy atom. The summed E-state index contributed by atoms with van der Waals surface area (Å²) in [6, 6.07) is 10.7. The number of benzene rings is 2. The summed E-state index contributed by atoms with van der Waals surface area (Å²) in [5, 5.41) is 11.4. The Hall–Kier alpha value is -1.42. The van der Waals surface area contributed by atoms with E-state index >= 15 is 0 Å². The van der Waals surface area contributed by atoms with Crippen LogP contribution in [0.5, 0.6) is 11.5 Å². The third kappa shape index (κ3) is 3.62. The molecule has 0 saturated heterocycles. The minimum atomic E-state index is -0.729. The van der Waals surface area contributed by atoms with Crippen LogP contribution in [0.1, 0.15) is 17.2 Å². The number of halogens is 2. The average Bonchev–Trinajstić information content (AvgIpc) is 2.49. The van der Waals surface area contributed by atoms with Gasteiger partial charge >= 0.3 is 0 Å². The van der Waals surface area contributed by atoms with E-state index in [2.05, 4.69) is 0 Å². The first-order valence-electron chi connectivity index (χ1n) is 6.39. The van der Waals surface area contributed by atoms with Crippen LogP contribution in [0.25, 0.3) is 0 Å². The second-order valence-electron chi connectivity index (χ2n) is 4.55. The molecule has 0 saturated carbocycles. The number of aliphatic hydroxyl groups excluding tert-OH is 1. The molecule has 112 valence electrons. The van der Waals surface area contributed by atoms with E-state index in [0.29, 0.717) is 33.5 Å². The lowest BCUT2D eigenvalue weighted by Gasteiger charge is -2.17. The predicted octanol–water partition coefficient (Wildman–Crippen LogP) is 4.29. The highest BCUT2D eigenvalue weighted by molar-refractivity contribution is 6.42. The fraction of sp³-hybridized carbons (Fsp3) is 0.250. The Kier molecular flexibility index (Phi) is 5.34. The van der Waals surface area contributed by atoms with E-state index in [1.807, 2.05) is 18.2 Å². The monoisotopic (exact) mass is 326 g/mol. The summed E-state index contributed by atoms with van der Waals surface area (Å²) < 4.78 is 10.6. The van der Waals surface area contributed by atoms with Gasteiger partial charge in [-0.25, -0.2) is 0 Å². The maximum absolute atomic E-state index is 10.5. The minimum absolute atomic E-state index is 0.403. The zero-order valence-electron chi connectivity index (χ0n) is 11.8. The van der Waals surface area contributed by atoms with Crippen molar-refractivity contribution < 1.29 is 14.6 Å². The summed E-state index contributed by atoms with van der Waals surface area (Å²) in [5.74, 6) is 1.12. The van der Waals surface area contributed by atoms with Gasteiger partial charge in [-0.1, -0.05) is 41.4 Å². The molecule has 0 aliphatic heterocycles. The van der Waals surface area contributed by atoms with Crippen LogP contribution in [-0.4, -0.2) is 19.3 Å². The molecule has 0 aliphatic rings. The summed E-state index contributed by atoms with van der Waals surface area (Å²) in [6.45, 7) is 0. The summed E-state index contributed by atoms with van der Waals surface area (Å²) in [4.78, 5) is 0. The van der Waals surface area contributed by atoms with E-state index in [0.717, 1.165) is 5.56 Å². The quantitative estimate of drug-likeness (QED) is 0.890. The zero-order chi connectivity index (χ0) is 15.4. The second kappa shape index (κ2) is 7.03. The molecule has 0 heterocycles. The third-order valence-corrected chi connectivity index (χ3v) is 3.94. The molecule has 2 rings (SSSR count). The van der Waals surface area contributed by atoms with Crippen molar-refractivity contribution in [2.75, 3.05) is 14.2 Å². The smallest absolute Gasteiger partial charge is 0.166 e. The fourth-order valence-electron chi connectivity index (χ4n) is 2.17. The lowest BCUT2D eigenvalue weighted by molar-refractivity contribution is 0.173. The normalized spacial score (nSPS) is 12.0. The lowest BCUT2D eigenvalue weighted by atomic mass is 10.0.